The van der Waals surface area contributed by atoms with Gasteiger partial charge in [-0.15, -0.1) is 0 Å². The van der Waals surface area contributed by atoms with E-state index in [0.717, 1.165) is 11.1 Å². The Morgan fingerprint density at radius 2 is 1.75 bits per heavy atom. The average molecular weight is 395 g/mol. The largest absolute Gasteiger partial charge is 0.352 e. The van der Waals surface area contributed by atoms with Gasteiger partial charge in [0.1, 0.15) is 6.23 Å². The van der Waals surface area contributed by atoms with Gasteiger partial charge in [-0.1, -0.05) is 48.0 Å². The van der Waals surface area contributed by atoms with Crippen molar-refractivity contribution in [2.75, 3.05) is 0 Å². The molecule has 2 aromatic carbocycles. The van der Waals surface area contributed by atoms with Crippen molar-refractivity contribution >= 4 is 11.0 Å². The maximum Gasteiger partial charge on any atom is 0.154 e. The van der Waals surface area contributed by atoms with Crippen molar-refractivity contribution in [1.82, 2.24) is 4.31 Å². The molecule has 4 nitrogen and oxygen atoms in total. The Morgan fingerprint density at radius 1 is 1.11 bits per heavy atom. The summed E-state index contributed by atoms with van der Waals surface area (Å²) in [5, 5.41) is 9.76. The molecule has 0 amide bonds. The Morgan fingerprint density at radius 3 is 2.32 bits per heavy atom. The molecule has 3 rings (SSSR count). The van der Waals surface area contributed by atoms with Crippen LogP contribution in [0.4, 0.5) is 0 Å². The summed E-state index contributed by atoms with van der Waals surface area (Å²) in [6.07, 6.45) is 1.88. The predicted octanol–water partition coefficient (Wildman–Crippen LogP) is 5.06. The highest BCUT2D eigenvalue weighted by Crippen LogP contribution is 2.38. The molecule has 1 unspecified atom stereocenters. The van der Waals surface area contributed by atoms with Gasteiger partial charge < -0.3 is 4.74 Å². The lowest BCUT2D eigenvalue weighted by atomic mass is 9.87. The second kappa shape index (κ2) is 8.30. The fraction of sp³-hybridized carbons (Fsp3) is 0.348. The lowest BCUT2D eigenvalue weighted by Crippen LogP contribution is -2.43. The number of rotatable bonds is 4. The van der Waals surface area contributed by atoms with Gasteiger partial charge in [-0.25, -0.2) is 4.21 Å². The third-order valence-electron chi connectivity index (χ3n) is 4.60. The van der Waals surface area contributed by atoms with Gasteiger partial charge in [-0.05, 0) is 45.4 Å². The van der Waals surface area contributed by atoms with Gasteiger partial charge in [0.05, 0.1) is 22.1 Å². The molecule has 1 heterocycles. The predicted molar refractivity (Wildman–Crippen MR) is 112 cm³/mol. The molecule has 0 aromatic heterocycles. The molecule has 0 fully saturated rings. The van der Waals surface area contributed by atoms with Gasteiger partial charge in [0.15, 0.2) is 11.0 Å². The summed E-state index contributed by atoms with van der Waals surface area (Å²) >= 11 is 0. The van der Waals surface area contributed by atoms with Crippen molar-refractivity contribution in [2.24, 2.45) is 0 Å². The van der Waals surface area contributed by atoms with E-state index in [0.29, 0.717) is 16.9 Å². The summed E-state index contributed by atoms with van der Waals surface area (Å²) in [5.74, 6) is -0.0789. The lowest BCUT2D eigenvalue weighted by Gasteiger charge is -2.39. The number of hydrogen-bond acceptors (Lipinski definition) is 3. The molecule has 28 heavy (non-hydrogen) atoms. The number of nitrogens with zero attached hydrogens (tertiary/aromatic N) is 2. The highest BCUT2D eigenvalue weighted by molar-refractivity contribution is 7.82. The van der Waals surface area contributed by atoms with Crippen LogP contribution in [-0.4, -0.2) is 20.3 Å². The number of aryl methyl sites for hydroxylation is 1. The number of benzene rings is 2. The van der Waals surface area contributed by atoms with Crippen LogP contribution in [0, 0.1) is 18.3 Å². The van der Waals surface area contributed by atoms with Crippen LogP contribution in [-0.2, 0) is 15.7 Å². The third-order valence-corrected chi connectivity index (χ3v) is 6.00. The van der Waals surface area contributed by atoms with E-state index in [1.54, 1.807) is 10.5 Å². The highest BCUT2D eigenvalue weighted by atomic mass is 32.2. The first-order valence-corrected chi connectivity index (χ1v) is 10.5. The molecule has 0 aliphatic carbocycles. The molecule has 0 saturated carbocycles. The Bertz CT molecular complexity index is 908. The molecule has 3 atom stereocenters. The van der Waals surface area contributed by atoms with E-state index in [1.807, 2.05) is 82.3 Å². The highest BCUT2D eigenvalue weighted by Gasteiger charge is 2.36. The maximum atomic E-state index is 13.3. The number of hydrogen-bond donors (Lipinski definition) is 0. The fourth-order valence-electron chi connectivity index (χ4n) is 3.29. The van der Waals surface area contributed by atoms with Gasteiger partial charge in [0.2, 0.25) is 0 Å². The van der Waals surface area contributed by atoms with E-state index in [-0.39, 0.29) is 5.92 Å². The summed E-state index contributed by atoms with van der Waals surface area (Å²) in [5.41, 5.74) is 2.37. The van der Waals surface area contributed by atoms with Gasteiger partial charge in [0, 0.05) is 18.5 Å². The van der Waals surface area contributed by atoms with Gasteiger partial charge in [-0.2, -0.15) is 5.26 Å². The zero-order chi connectivity index (χ0) is 20.3. The van der Waals surface area contributed by atoms with Crippen LogP contribution >= 0.6 is 0 Å². The van der Waals surface area contributed by atoms with Crippen molar-refractivity contribution < 1.29 is 8.95 Å². The average Bonchev–Trinajstić information content (AvgIpc) is 2.67. The molecular formula is C23H26N2O2S. The van der Waals surface area contributed by atoms with E-state index in [1.165, 1.54) is 0 Å². The molecule has 0 radical (unpaired) electrons. The summed E-state index contributed by atoms with van der Waals surface area (Å²) in [6.45, 7) is 7.96. The smallest absolute Gasteiger partial charge is 0.154 e. The second-order valence-electron chi connectivity index (χ2n) is 8.00. The molecule has 0 spiro atoms. The fourth-order valence-corrected chi connectivity index (χ4v) is 4.45. The Labute approximate surface area is 170 Å². The van der Waals surface area contributed by atoms with Crippen LogP contribution < -0.4 is 0 Å². The zero-order valence-corrected chi connectivity index (χ0v) is 17.6. The van der Waals surface area contributed by atoms with Crippen LogP contribution in [0.1, 0.15) is 44.2 Å². The Kier molecular flexibility index (Phi) is 6.02. The van der Waals surface area contributed by atoms with E-state index in [2.05, 4.69) is 6.07 Å². The topological polar surface area (TPSA) is 53.3 Å². The van der Waals surface area contributed by atoms with Crippen LogP contribution in [0.25, 0.3) is 0 Å². The summed E-state index contributed by atoms with van der Waals surface area (Å²) in [7, 11) is -1.46. The normalized spacial score (nSPS) is 21.0. The Hall–Kier alpha value is -2.42. The monoisotopic (exact) mass is 394 g/mol. The molecule has 0 N–H and O–H groups in total. The van der Waals surface area contributed by atoms with Crippen molar-refractivity contribution in [3.05, 3.63) is 77.5 Å². The quantitative estimate of drug-likeness (QED) is 0.729. The molecule has 1 aliphatic rings. The summed E-state index contributed by atoms with van der Waals surface area (Å²) < 4.78 is 21.3. The van der Waals surface area contributed by atoms with E-state index in [4.69, 9.17) is 4.74 Å². The van der Waals surface area contributed by atoms with Crippen molar-refractivity contribution in [2.45, 2.75) is 56.8 Å². The molecule has 2 aromatic rings. The van der Waals surface area contributed by atoms with E-state index in [9.17, 15) is 9.47 Å². The minimum absolute atomic E-state index is 0.0789. The SMILES string of the molecule is Cc1ccc(S(=O)N2C=C(C#N)[C@@H](c3ccccc3)C[C@H]2OC(C)(C)C)cc1. The zero-order valence-electron chi connectivity index (χ0n) is 16.8. The molecule has 5 heteroatoms. The Balaban J connectivity index is 2.01. The first-order valence-electron chi connectivity index (χ1n) is 9.40. The van der Waals surface area contributed by atoms with Crippen molar-refractivity contribution in [3.63, 3.8) is 0 Å². The standard InChI is InChI=1S/C23H26N2O2S/c1-17-10-12-20(13-11-17)28(26)25-16-19(15-24)21(18-8-6-5-7-9-18)14-22(25)27-23(2,3)4/h5-13,16,21-22H,14H2,1-4H3/t21-,22-,28?/m1/s1. The van der Waals surface area contributed by atoms with Gasteiger partial charge in [-0.3, -0.25) is 4.31 Å². The number of nitriles is 1. The molecular weight excluding hydrogens is 368 g/mol. The van der Waals surface area contributed by atoms with E-state index >= 15 is 0 Å². The minimum atomic E-state index is -1.46. The number of ether oxygens (including phenoxy) is 1. The maximum absolute atomic E-state index is 13.3. The first kappa shape index (κ1) is 20.3. The molecule has 146 valence electrons. The van der Waals surface area contributed by atoms with Crippen LogP contribution in [0.15, 0.2) is 71.3 Å². The summed E-state index contributed by atoms with van der Waals surface area (Å²) in [6, 6.07) is 19.9. The van der Waals surface area contributed by atoms with Crippen LogP contribution in [0.5, 0.6) is 0 Å². The second-order valence-corrected chi connectivity index (χ2v) is 9.39. The van der Waals surface area contributed by atoms with Gasteiger partial charge in [0.25, 0.3) is 0 Å². The van der Waals surface area contributed by atoms with Crippen LogP contribution in [0.2, 0.25) is 0 Å². The van der Waals surface area contributed by atoms with Gasteiger partial charge >= 0.3 is 0 Å². The first-order chi connectivity index (χ1) is 13.3. The van der Waals surface area contributed by atoms with Crippen LogP contribution in [0.3, 0.4) is 0 Å². The summed E-state index contributed by atoms with van der Waals surface area (Å²) in [4.78, 5) is 0.694. The third kappa shape index (κ3) is 4.70. The molecule has 0 saturated heterocycles. The molecule has 1 aliphatic heterocycles. The minimum Gasteiger partial charge on any atom is -0.352 e. The van der Waals surface area contributed by atoms with Crippen molar-refractivity contribution in [3.8, 4) is 6.07 Å². The van der Waals surface area contributed by atoms with Crippen molar-refractivity contribution in [1.29, 1.82) is 5.26 Å². The number of allylic oxidation sites excluding steroid dienone is 1. The lowest BCUT2D eigenvalue weighted by molar-refractivity contribution is -0.103. The molecule has 0 bridgehead atoms. The van der Waals surface area contributed by atoms with E-state index < -0.39 is 22.8 Å².